The molecule has 0 radical (unpaired) electrons. The zero-order valence-electron chi connectivity index (χ0n) is 22.5. The van der Waals surface area contributed by atoms with Crippen molar-refractivity contribution in [2.45, 2.75) is 44.9 Å². The van der Waals surface area contributed by atoms with E-state index in [-0.39, 0.29) is 17.8 Å². The lowest BCUT2D eigenvalue weighted by molar-refractivity contribution is 0.849. The van der Waals surface area contributed by atoms with Gasteiger partial charge in [-0.1, -0.05) is 84.9 Å². The van der Waals surface area contributed by atoms with Crippen LogP contribution in [0.5, 0.6) is 0 Å². The van der Waals surface area contributed by atoms with Gasteiger partial charge < -0.3 is 0 Å². The summed E-state index contributed by atoms with van der Waals surface area (Å²) >= 11 is 0. The topological polar surface area (TPSA) is 12.4 Å². The van der Waals surface area contributed by atoms with Gasteiger partial charge in [-0.25, -0.2) is 0 Å². The van der Waals surface area contributed by atoms with Crippen LogP contribution in [0.1, 0.15) is 73.4 Å². The number of hydrogen-bond donors (Lipinski definition) is 0. The third-order valence-electron chi connectivity index (χ3n) is 9.90. The summed E-state index contributed by atoms with van der Waals surface area (Å²) in [6, 6.07) is 34.2. The van der Waals surface area contributed by atoms with E-state index < -0.39 is 0 Å². The van der Waals surface area contributed by atoms with Gasteiger partial charge in [0.05, 0.1) is 11.6 Å². The number of benzene rings is 5. The first-order chi connectivity index (χ1) is 19.1. The van der Waals surface area contributed by atoms with E-state index in [1.165, 1.54) is 77.7 Å². The Morgan fingerprint density at radius 1 is 0.615 bits per heavy atom. The summed E-state index contributed by atoms with van der Waals surface area (Å²) in [6.07, 6.45) is 1.02. The van der Waals surface area contributed by atoms with Crippen LogP contribution < -0.4 is 0 Å². The number of aryl methyl sites for hydroxylation is 3. The summed E-state index contributed by atoms with van der Waals surface area (Å²) in [5.74, 6) is 0.664. The molecule has 0 saturated heterocycles. The van der Waals surface area contributed by atoms with E-state index in [4.69, 9.17) is 4.99 Å². The van der Waals surface area contributed by atoms with Gasteiger partial charge in [0, 0.05) is 17.5 Å². The summed E-state index contributed by atoms with van der Waals surface area (Å²) < 4.78 is 0. The summed E-state index contributed by atoms with van der Waals surface area (Å²) in [4.78, 5) is 5.49. The highest BCUT2D eigenvalue weighted by atomic mass is 14.8. The van der Waals surface area contributed by atoms with Crippen molar-refractivity contribution in [2.24, 2.45) is 4.99 Å². The molecule has 0 aromatic heterocycles. The van der Waals surface area contributed by atoms with Crippen molar-refractivity contribution in [3.05, 3.63) is 152 Å². The molecule has 186 valence electrons. The number of rotatable bonds is 1. The zero-order valence-corrected chi connectivity index (χ0v) is 22.5. The minimum atomic E-state index is 0.188. The molecule has 1 nitrogen and oxygen atoms in total. The first-order valence-corrected chi connectivity index (χ1v) is 14.2. The summed E-state index contributed by atoms with van der Waals surface area (Å²) in [7, 11) is 0. The van der Waals surface area contributed by atoms with E-state index in [1.54, 1.807) is 5.57 Å². The van der Waals surface area contributed by atoms with Crippen LogP contribution in [0.3, 0.4) is 0 Å². The highest BCUT2D eigenvalue weighted by Crippen LogP contribution is 2.63. The molecule has 0 amide bonds. The first-order valence-electron chi connectivity index (χ1n) is 14.2. The Morgan fingerprint density at radius 2 is 1.36 bits per heavy atom. The van der Waals surface area contributed by atoms with E-state index in [0.29, 0.717) is 0 Å². The number of fused-ring (bicyclic) bond motifs is 8. The van der Waals surface area contributed by atoms with Gasteiger partial charge >= 0.3 is 0 Å². The molecule has 3 atom stereocenters. The minimum Gasteiger partial charge on any atom is -0.256 e. The fourth-order valence-electron chi connectivity index (χ4n) is 8.64. The summed E-state index contributed by atoms with van der Waals surface area (Å²) in [6.45, 7) is 6.96. The third-order valence-corrected chi connectivity index (χ3v) is 9.90. The number of allylic oxidation sites excluding steroid dienone is 2. The normalized spacial score (nSPS) is 21.4. The molecule has 1 heteroatoms. The lowest BCUT2D eigenvalue weighted by Crippen LogP contribution is -2.31. The molecule has 1 aliphatic heterocycles. The maximum atomic E-state index is 5.49. The molecular formula is C38H29N. The van der Waals surface area contributed by atoms with Crippen LogP contribution in [0.4, 0.5) is 5.69 Å². The maximum Gasteiger partial charge on any atom is 0.0671 e. The van der Waals surface area contributed by atoms with Crippen LogP contribution in [-0.2, 0) is 6.42 Å². The number of aliphatic imine (C=N–C) groups is 1. The van der Waals surface area contributed by atoms with Crippen molar-refractivity contribution < 1.29 is 0 Å². The minimum absolute atomic E-state index is 0.188. The lowest BCUT2D eigenvalue weighted by Gasteiger charge is -2.42. The van der Waals surface area contributed by atoms with Gasteiger partial charge in [-0.05, 0) is 111 Å². The molecule has 9 rings (SSSR count). The largest absolute Gasteiger partial charge is 0.256 e. The molecule has 5 aromatic rings. The summed E-state index contributed by atoms with van der Waals surface area (Å²) in [5, 5.41) is 2.95. The molecule has 0 N–H and O–H groups in total. The standard InChI is InChI=1S/C38H29N/c1-20-17-21(2)31-35-26-15-9-10-16-29(26)39-38(35)37-33-25-14-8-7-13-24(25)19-28(33)32(23-11-5-4-6-12-23)27-18-22(3)30(20)36(31)34(27)37/h4-18,32,35,37H,19H2,1-3H3. The van der Waals surface area contributed by atoms with Gasteiger partial charge in [0.2, 0.25) is 0 Å². The fourth-order valence-corrected chi connectivity index (χ4v) is 8.64. The number of nitrogens with zero attached hydrogens (tertiary/aromatic N) is 1. The van der Waals surface area contributed by atoms with Crippen molar-refractivity contribution in [2.75, 3.05) is 0 Å². The van der Waals surface area contributed by atoms with Gasteiger partial charge in [0.15, 0.2) is 0 Å². The molecule has 39 heavy (non-hydrogen) atoms. The molecule has 5 aromatic carbocycles. The van der Waals surface area contributed by atoms with Gasteiger partial charge in [0.25, 0.3) is 0 Å². The van der Waals surface area contributed by atoms with Gasteiger partial charge in [-0.3, -0.25) is 4.99 Å². The van der Waals surface area contributed by atoms with Crippen molar-refractivity contribution >= 4 is 27.7 Å². The Morgan fingerprint density at radius 3 is 2.23 bits per heavy atom. The zero-order chi connectivity index (χ0) is 26.0. The van der Waals surface area contributed by atoms with Crippen LogP contribution in [-0.4, -0.2) is 5.71 Å². The van der Waals surface area contributed by atoms with Crippen LogP contribution in [0.25, 0.3) is 16.3 Å². The molecule has 0 saturated carbocycles. The van der Waals surface area contributed by atoms with Crippen LogP contribution >= 0.6 is 0 Å². The van der Waals surface area contributed by atoms with E-state index in [1.807, 2.05) is 0 Å². The Kier molecular flexibility index (Phi) is 4.14. The van der Waals surface area contributed by atoms with Crippen LogP contribution in [0.15, 0.2) is 102 Å². The van der Waals surface area contributed by atoms with Crippen molar-refractivity contribution in [3.8, 4) is 0 Å². The van der Waals surface area contributed by atoms with E-state index in [0.717, 1.165) is 12.1 Å². The quantitative estimate of drug-likeness (QED) is 0.218. The van der Waals surface area contributed by atoms with E-state index >= 15 is 0 Å². The molecule has 0 fully saturated rings. The SMILES string of the molecule is Cc1cc(C)c2c(C)cc3c4c2c1C1C(=Nc2ccccc21)C4C1=C(Cc2ccccc21)C3c1ccccc1. The third kappa shape index (κ3) is 2.63. The Labute approximate surface area is 229 Å². The van der Waals surface area contributed by atoms with Gasteiger partial charge in [-0.15, -0.1) is 0 Å². The fraction of sp³-hybridized carbons (Fsp3) is 0.184. The monoisotopic (exact) mass is 499 g/mol. The average molecular weight is 500 g/mol. The highest BCUT2D eigenvalue weighted by Gasteiger charge is 2.49. The van der Waals surface area contributed by atoms with Crippen molar-refractivity contribution in [3.63, 3.8) is 0 Å². The Bertz CT molecular complexity index is 1970. The number of para-hydroxylation sites is 1. The average Bonchev–Trinajstić information content (AvgIpc) is 3.52. The second kappa shape index (κ2) is 7.45. The van der Waals surface area contributed by atoms with Crippen LogP contribution in [0, 0.1) is 20.8 Å². The molecule has 3 unspecified atom stereocenters. The van der Waals surface area contributed by atoms with Gasteiger partial charge in [-0.2, -0.15) is 0 Å². The molecule has 4 aliphatic rings. The van der Waals surface area contributed by atoms with Crippen molar-refractivity contribution in [1.82, 2.24) is 0 Å². The maximum absolute atomic E-state index is 5.49. The predicted octanol–water partition coefficient (Wildman–Crippen LogP) is 9.24. The Balaban J connectivity index is 1.49. The molecule has 0 bridgehead atoms. The summed E-state index contributed by atoms with van der Waals surface area (Å²) in [5.41, 5.74) is 19.9. The Hall–Kier alpha value is -4.23. The second-order valence-electron chi connectivity index (χ2n) is 11.9. The first kappa shape index (κ1) is 21.7. The van der Waals surface area contributed by atoms with E-state index in [2.05, 4.69) is 112 Å². The van der Waals surface area contributed by atoms with Gasteiger partial charge in [0.1, 0.15) is 0 Å². The molecule has 1 heterocycles. The van der Waals surface area contributed by atoms with Crippen molar-refractivity contribution in [1.29, 1.82) is 0 Å². The predicted molar refractivity (Wildman–Crippen MR) is 162 cm³/mol. The van der Waals surface area contributed by atoms with E-state index in [9.17, 15) is 0 Å². The second-order valence-corrected chi connectivity index (χ2v) is 11.9. The lowest BCUT2D eigenvalue weighted by atomic mass is 9.60. The molecular weight excluding hydrogens is 470 g/mol. The number of hydrogen-bond acceptors (Lipinski definition) is 1. The van der Waals surface area contributed by atoms with Crippen LogP contribution in [0.2, 0.25) is 0 Å². The molecule has 3 aliphatic carbocycles. The smallest absolute Gasteiger partial charge is 0.0671 e. The highest BCUT2D eigenvalue weighted by molar-refractivity contribution is 6.20. The molecule has 0 spiro atoms.